The maximum absolute atomic E-state index is 13.5. The smallest absolute Gasteiger partial charge is 0.277 e. The van der Waals surface area contributed by atoms with E-state index in [2.05, 4.69) is 22.3 Å². The van der Waals surface area contributed by atoms with Gasteiger partial charge in [-0.3, -0.25) is 14.0 Å². The minimum Gasteiger partial charge on any atom is -0.304 e. The predicted octanol–water partition coefficient (Wildman–Crippen LogP) is 5.35. The second-order valence-electron chi connectivity index (χ2n) is 7.96. The zero-order valence-corrected chi connectivity index (χ0v) is 19.3. The van der Waals surface area contributed by atoms with E-state index in [0.29, 0.717) is 39.4 Å². The Morgan fingerprint density at radius 2 is 1.85 bits per heavy atom. The van der Waals surface area contributed by atoms with Crippen LogP contribution in [0.4, 0.5) is 10.2 Å². The number of amides is 1. The average Bonchev–Trinajstić information content (AvgIpc) is 3.44. The number of benzene rings is 2. The van der Waals surface area contributed by atoms with Crippen molar-refractivity contribution < 1.29 is 9.18 Å². The first-order valence-electron chi connectivity index (χ1n) is 11.1. The molecule has 0 spiro atoms. The van der Waals surface area contributed by atoms with Gasteiger partial charge >= 0.3 is 0 Å². The van der Waals surface area contributed by atoms with Gasteiger partial charge in [-0.2, -0.15) is 5.10 Å². The number of hydrogen-bond acceptors (Lipinski definition) is 5. The molecule has 0 unspecified atom stereocenters. The Bertz CT molecular complexity index is 1550. The molecule has 7 nitrogen and oxygen atoms in total. The Morgan fingerprint density at radius 1 is 1.09 bits per heavy atom. The van der Waals surface area contributed by atoms with Crippen molar-refractivity contribution in [2.24, 2.45) is 0 Å². The number of rotatable bonds is 7. The maximum atomic E-state index is 13.5. The van der Waals surface area contributed by atoms with E-state index < -0.39 is 5.91 Å². The summed E-state index contributed by atoms with van der Waals surface area (Å²) < 4.78 is 16.6. The summed E-state index contributed by atoms with van der Waals surface area (Å²) in [4.78, 5) is 31.8. The normalized spacial score (nSPS) is 11.4. The summed E-state index contributed by atoms with van der Waals surface area (Å²) in [6.45, 7) is 2.53. The lowest BCUT2D eigenvalue weighted by atomic mass is 10.1. The van der Waals surface area contributed by atoms with Crippen LogP contribution in [0.1, 0.15) is 36.7 Å². The minimum atomic E-state index is -0.447. The number of nitrogens with zero attached hydrogens (tertiary/aromatic N) is 4. The van der Waals surface area contributed by atoms with Gasteiger partial charge in [0.25, 0.3) is 11.5 Å². The van der Waals surface area contributed by atoms with E-state index in [1.54, 1.807) is 40.8 Å². The van der Waals surface area contributed by atoms with Gasteiger partial charge in [0.15, 0.2) is 10.7 Å². The summed E-state index contributed by atoms with van der Waals surface area (Å²) in [5, 5.41) is 10.2. The van der Waals surface area contributed by atoms with Crippen molar-refractivity contribution in [2.45, 2.75) is 32.7 Å². The van der Waals surface area contributed by atoms with Crippen LogP contribution < -0.4 is 10.9 Å². The summed E-state index contributed by atoms with van der Waals surface area (Å²) >= 11 is 1.43. The van der Waals surface area contributed by atoms with Gasteiger partial charge in [-0.15, -0.1) is 11.3 Å². The molecule has 3 heterocycles. The lowest BCUT2D eigenvalue weighted by Crippen LogP contribution is -2.28. The molecule has 0 aliphatic rings. The molecule has 5 rings (SSSR count). The number of hydrogen-bond donors (Lipinski definition) is 1. The van der Waals surface area contributed by atoms with Gasteiger partial charge in [0.2, 0.25) is 0 Å². The number of aryl methyl sites for hydroxylation is 1. The van der Waals surface area contributed by atoms with E-state index in [1.165, 1.54) is 28.2 Å². The van der Waals surface area contributed by atoms with Crippen molar-refractivity contribution in [3.63, 3.8) is 0 Å². The largest absolute Gasteiger partial charge is 0.304 e. The van der Waals surface area contributed by atoms with Crippen molar-refractivity contribution in [3.05, 3.63) is 82.0 Å². The van der Waals surface area contributed by atoms with E-state index in [4.69, 9.17) is 0 Å². The molecule has 0 aliphatic heterocycles. The fraction of sp³-hybridized carbons (Fsp3) is 0.200. The second kappa shape index (κ2) is 9.18. The van der Waals surface area contributed by atoms with Crippen LogP contribution in [0, 0.1) is 5.82 Å². The molecule has 0 bridgehead atoms. The Labute approximate surface area is 198 Å². The van der Waals surface area contributed by atoms with Crippen molar-refractivity contribution in [1.82, 2.24) is 19.2 Å². The molecule has 34 heavy (non-hydrogen) atoms. The number of fused-ring (bicyclic) bond motifs is 2. The van der Waals surface area contributed by atoms with Crippen LogP contribution in [-0.4, -0.2) is 25.1 Å². The number of nitrogens with one attached hydrogen (secondary N) is 1. The van der Waals surface area contributed by atoms with Gasteiger partial charge in [0, 0.05) is 29.1 Å². The number of carbonyl (C=O) groups excluding carboxylic acids is 1. The zero-order chi connectivity index (χ0) is 23.7. The van der Waals surface area contributed by atoms with Gasteiger partial charge in [-0.25, -0.2) is 14.1 Å². The number of unbranched alkanes of at least 4 members (excludes halogenated alkanes) is 2. The van der Waals surface area contributed by atoms with Crippen LogP contribution in [-0.2, 0) is 6.54 Å². The van der Waals surface area contributed by atoms with Crippen molar-refractivity contribution >= 4 is 38.8 Å². The number of anilines is 1. The molecule has 3 aromatic heterocycles. The standard InChI is InChI=1S/C25H22FN5O2S/c1-2-3-6-13-31-24(33)19-8-5-4-7-18(19)21(29-31)23(32)28-22-20(16-9-11-17(26)12-10-16)27-25-30(22)14-15-34-25/h4-5,7-12,14-15H,2-3,6,13H2,1H3,(H,28,32). The van der Waals surface area contributed by atoms with Gasteiger partial charge < -0.3 is 5.32 Å². The third kappa shape index (κ3) is 3.99. The van der Waals surface area contributed by atoms with Gasteiger partial charge in [-0.05, 0) is 36.8 Å². The summed E-state index contributed by atoms with van der Waals surface area (Å²) in [6, 6.07) is 13.0. The third-order valence-electron chi connectivity index (χ3n) is 5.67. The van der Waals surface area contributed by atoms with E-state index in [1.807, 2.05) is 11.6 Å². The third-order valence-corrected chi connectivity index (χ3v) is 6.42. The molecule has 0 fully saturated rings. The molecule has 1 amide bonds. The topological polar surface area (TPSA) is 81.3 Å². The fourth-order valence-electron chi connectivity index (χ4n) is 3.95. The molecular weight excluding hydrogens is 453 g/mol. The number of thiazole rings is 1. The Hall–Kier alpha value is -3.85. The Kier molecular flexibility index (Phi) is 5.93. The molecule has 5 aromatic rings. The monoisotopic (exact) mass is 475 g/mol. The quantitative estimate of drug-likeness (QED) is 0.322. The average molecular weight is 476 g/mol. The highest BCUT2D eigenvalue weighted by molar-refractivity contribution is 7.15. The van der Waals surface area contributed by atoms with E-state index >= 15 is 0 Å². The molecule has 2 aromatic carbocycles. The molecule has 0 aliphatic carbocycles. The number of carbonyl (C=O) groups is 1. The highest BCUT2D eigenvalue weighted by Gasteiger charge is 2.22. The van der Waals surface area contributed by atoms with Crippen LogP contribution in [0.25, 0.3) is 27.0 Å². The molecule has 0 atom stereocenters. The zero-order valence-electron chi connectivity index (χ0n) is 18.5. The van der Waals surface area contributed by atoms with Crippen LogP contribution in [0.2, 0.25) is 0 Å². The van der Waals surface area contributed by atoms with E-state index in [-0.39, 0.29) is 17.1 Å². The second-order valence-corrected chi connectivity index (χ2v) is 8.83. The van der Waals surface area contributed by atoms with Crippen molar-refractivity contribution in [1.29, 1.82) is 0 Å². The maximum Gasteiger partial charge on any atom is 0.277 e. The summed E-state index contributed by atoms with van der Waals surface area (Å²) in [5.74, 6) is -0.337. The van der Waals surface area contributed by atoms with Crippen LogP contribution >= 0.6 is 11.3 Å². The lowest BCUT2D eigenvalue weighted by molar-refractivity contribution is 0.102. The molecule has 172 valence electrons. The van der Waals surface area contributed by atoms with Crippen LogP contribution in [0.5, 0.6) is 0 Å². The number of aromatic nitrogens is 4. The molecule has 0 radical (unpaired) electrons. The summed E-state index contributed by atoms with van der Waals surface area (Å²) in [6.07, 6.45) is 4.59. The first-order chi connectivity index (χ1) is 16.6. The summed E-state index contributed by atoms with van der Waals surface area (Å²) in [7, 11) is 0. The van der Waals surface area contributed by atoms with Crippen LogP contribution in [0.15, 0.2) is 64.9 Å². The first kappa shape index (κ1) is 22.0. The van der Waals surface area contributed by atoms with Crippen molar-refractivity contribution in [3.8, 4) is 11.3 Å². The highest BCUT2D eigenvalue weighted by atomic mass is 32.1. The summed E-state index contributed by atoms with van der Waals surface area (Å²) in [5.41, 5.74) is 1.16. The van der Waals surface area contributed by atoms with Crippen molar-refractivity contribution in [2.75, 3.05) is 5.32 Å². The lowest BCUT2D eigenvalue weighted by Gasteiger charge is -2.12. The van der Waals surface area contributed by atoms with Gasteiger partial charge in [-0.1, -0.05) is 38.0 Å². The van der Waals surface area contributed by atoms with Gasteiger partial charge in [0.1, 0.15) is 17.3 Å². The highest BCUT2D eigenvalue weighted by Crippen LogP contribution is 2.31. The van der Waals surface area contributed by atoms with Crippen LogP contribution in [0.3, 0.4) is 0 Å². The fourth-order valence-corrected chi connectivity index (χ4v) is 4.66. The molecule has 0 saturated heterocycles. The van der Waals surface area contributed by atoms with Gasteiger partial charge in [0.05, 0.1) is 5.39 Å². The predicted molar refractivity (Wildman–Crippen MR) is 132 cm³/mol. The van der Waals surface area contributed by atoms with E-state index in [0.717, 1.165) is 19.3 Å². The molecular formula is C25H22FN5O2S. The number of imidazole rings is 1. The first-order valence-corrected chi connectivity index (χ1v) is 12.0. The Morgan fingerprint density at radius 3 is 2.62 bits per heavy atom. The molecule has 9 heteroatoms. The minimum absolute atomic E-state index is 0.168. The molecule has 1 N–H and O–H groups in total. The molecule has 0 saturated carbocycles. The SMILES string of the molecule is CCCCCn1nc(C(=O)Nc2c(-c3ccc(F)cc3)nc3sccn23)c2ccccc2c1=O. The Balaban J connectivity index is 1.59. The van der Waals surface area contributed by atoms with E-state index in [9.17, 15) is 14.0 Å². The number of halogens is 1.